The highest BCUT2D eigenvalue weighted by Crippen LogP contribution is 2.12. The molecule has 1 aliphatic rings. The molecule has 1 atom stereocenters. The Hall–Kier alpha value is -2.86. The van der Waals surface area contributed by atoms with Gasteiger partial charge in [0.2, 0.25) is 0 Å². The van der Waals surface area contributed by atoms with E-state index >= 15 is 0 Å². The van der Waals surface area contributed by atoms with E-state index in [9.17, 15) is 9.59 Å². The molecule has 1 fully saturated rings. The Morgan fingerprint density at radius 3 is 2.69 bits per heavy atom. The lowest BCUT2D eigenvalue weighted by molar-refractivity contribution is -0.118. The van der Waals surface area contributed by atoms with Crippen LogP contribution in [0.1, 0.15) is 34.5 Å². The number of nitrogens with one attached hydrogen (secondary N) is 2. The molecule has 26 heavy (non-hydrogen) atoms. The molecule has 1 aromatic heterocycles. The van der Waals surface area contributed by atoms with Crippen molar-refractivity contribution in [1.29, 1.82) is 0 Å². The van der Waals surface area contributed by atoms with Gasteiger partial charge in [0.1, 0.15) is 11.5 Å². The van der Waals surface area contributed by atoms with Gasteiger partial charge in [0.15, 0.2) is 0 Å². The lowest BCUT2D eigenvalue weighted by Gasteiger charge is -2.13. The van der Waals surface area contributed by atoms with Crippen LogP contribution in [-0.2, 0) is 9.53 Å². The number of hydrogen-bond acceptors (Lipinski definition) is 4. The molecular formula is C20H22N2O4. The Morgan fingerprint density at radius 2 is 2.04 bits per heavy atom. The number of rotatable bonds is 6. The van der Waals surface area contributed by atoms with Crippen LogP contribution in [0.2, 0.25) is 0 Å². The predicted molar refractivity (Wildman–Crippen MR) is 97.3 cm³/mol. The van der Waals surface area contributed by atoms with Gasteiger partial charge in [-0.1, -0.05) is 17.7 Å². The zero-order valence-electron chi connectivity index (χ0n) is 14.7. The van der Waals surface area contributed by atoms with Crippen molar-refractivity contribution in [3.8, 4) is 0 Å². The second-order valence-electron chi connectivity index (χ2n) is 6.24. The van der Waals surface area contributed by atoms with Gasteiger partial charge in [0.25, 0.3) is 11.8 Å². The van der Waals surface area contributed by atoms with Gasteiger partial charge in [-0.05, 0) is 44.0 Å². The normalized spacial score (nSPS) is 17.1. The predicted octanol–water partition coefficient (Wildman–Crippen LogP) is 2.65. The molecule has 0 aliphatic carbocycles. The maximum atomic E-state index is 12.6. The molecule has 6 heteroatoms. The van der Waals surface area contributed by atoms with Crippen LogP contribution in [0.5, 0.6) is 0 Å². The third-order valence-electron chi connectivity index (χ3n) is 4.15. The molecule has 2 N–H and O–H groups in total. The minimum Gasteiger partial charge on any atom is -0.465 e. The zero-order valence-corrected chi connectivity index (χ0v) is 14.7. The van der Waals surface area contributed by atoms with Crippen LogP contribution in [0.4, 0.5) is 0 Å². The lowest BCUT2D eigenvalue weighted by Crippen LogP contribution is -2.38. The molecule has 0 spiro atoms. The number of furan rings is 1. The van der Waals surface area contributed by atoms with Crippen molar-refractivity contribution in [3.63, 3.8) is 0 Å². The van der Waals surface area contributed by atoms with Gasteiger partial charge in [-0.3, -0.25) is 9.59 Å². The number of hydrogen-bond donors (Lipinski definition) is 2. The van der Waals surface area contributed by atoms with Crippen LogP contribution >= 0.6 is 0 Å². The summed E-state index contributed by atoms with van der Waals surface area (Å²) in [6, 6.07) is 10.6. The van der Waals surface area contributed by atoms with Gasteiger partial charge >= 0.3 is 0 Å². The lowest BCUT2D eigenvalue weighted by atomic mass is 10.1. The van der Waals surface area contributed by atoms with Crippen LogP contribution in [0, 0.1) is 6.92 Å². The minimum atomic E-state index is -0.377. The summed E-state index contributed by atoms with van der Waals surface area (Å²) in [5.41, 5.74) is 1.67. The average Bonchev–Trinajstić information content (AvgIpc) is 3.33. The maximum Gasteiger partial charge on any atom is 0.268 e. The first-order valence-electron chi connectivity index (χ1n) is 8.65. The molecule has 6 nitrogen and oxygen atoms in total. The molecular weight excluding hydrogens is 332 g/mol. The number of carbonyl (C=O) groups is 2. The third kappa shape index (κ3) is 4.83. The number of amides is 2. The topological polar surface area (TPSA) is 80.6 Å². The SMILES string of the molecule is Cc1ccc(C(=O)N/C(=C\c2ccco2)C(=O)NCC2CCCO2)cc1. The van der Waals surface area contributed by atoms with Crippen molar-refractivity contribution < 1.29 is 18.7 Å². The molecule has 3 rings (SSSR count). The molecule has 2 heterocycles. The Balaban J connectivity index is 1.71. The summed E-state index contributed by atoms with van der Waals surface area (Å²) in [5.74, 6) is -0.246. The molecule has 0 saturated carbocycles. The summed E-state index contributed by atoms with van der Waals surface area (Å²) < 4.78 is 10.8. The summed E-state index contributed by atoms with van der Waals surface area (Å²) in [6.45, 7) is 3.08. The van der Waals surface area contributed by atoms with Crippen molar-refractivity contribution in [2.24, 2.45) is 0 Å². The van der Waals surface area contributed by atoms with Crippen LogP contribution in [-0.4, -0.2) is 31.1 Å². The van der Waals surface area contributed by atoms with E-state index in [2.05, 4.69) is 10.6 Å². The summed E-state index contributed by atoms with van der Waals surface area (Å²) in [5, 5.41) is 5.49. The number of benzene rings is 1. The molecule has 2 amide bonds. The maximum absolute atomic E-state index is 12.6. The van der Waals surface area contributed by atoms with Gasteiger partial charge in [-0.15, -0.1) is 0 Å². The van der Waals surface area contributed by atoms with Crippen LogP contribution < -0.4 is 10.6 Å². The largest absolute Gasteiger partial charge is 0.465 e. The molecule has 1 aliphatic heterocycles. The van der Waals surface area contributed by atoms with E-state index < -0.39 is 0 Å². The van der Waals surface area contributed by atoms with Crippen molar-refractivity contribution in [2.45, 2.75) is 25.9 Å². The van der Waals surface area contributed by atoms with Crippen LogP contribution in [0.25, 0.3) is 6.08 Å². The first-order chi connectivity index (χ1) is 12.6. The van der Waals surface area contributed by atoms with Crippen molar-refractivity contribution in [3.05, 3.63) is 65.2 Å². The third-order valence-corrected chi connectivity index (χ3v) is 4.15. The van der Waals surface area contributed by atoms with E-state index in [0.717, 1.165) is 25.0 Å². The van der Waals surface area contributed by atoms with Crippen molar-refractivity contribution >= 4 is 17.9 Å². The first kappa shape index (κ1) is 17.9. The smallest absolute Gasteiger partial charge is 0.268 e. The van der Waals surface area contributed by atoms with Crippen LogP contribution in [0.3, 0.4) is 0 Å². The van der Waals surface area contributed by atoms with E-state index in [-0.39, 0.29) is 23.6 Å². The van der Waals surface area contributed by atoms with E-state index in [1.807, 2.05) is 19.1 Å². The highest BCUT2D eigenvalue weighted by molar-refractivity contribution is 6.05. The zero-order chi connectivity index (χ0) is 18.4. The minimum absolute atomic E-state index is 0.0246. The average molecular weight is 354 g/mol. The summed E-state index contributed by atoms with van der Waals surface area (Å²) in [7, 11) is 0. The second-order valence-corrected chi connectivity index (χ2v) is 6.24. The van der Waals surface area contributed by atoms with Crippen molar-refractivity contribution in [1.82, 2.24) is 10.6 Å². The van der Waals surface area contributed by atoms with Gasteiger partial charge in [0.05, 0.1) is 12.4 Å². The molecule has 136 valence electrons. The van der Waals surface area contributed by atoms with Gasteiger partial charge < -0.3 is 19.8 Å². The molecule has 1 unspecified atom stereocenters. The Labute approximate surface area is 152 Å². The van der Waals surface area contributed by atoms with E-state index in [1.165, 1.54) is 12.3 Å². The summed E-state index contributed by atoms with van der Waals surface area (Å²) >= 11 is 0. The Morgan fingerprint density at radius 1 is 1.23 bits per heavy atom. The molecule has 0 bridgehead atoms. The molecule has 1 aromatic carbocycles. The fourth-order valence-electron chi connectivity index (χ4n) is 2.68. The number of aryl methyl sites for hydroxylation is 1. The van der Waals surface area contributed by atoms with E-state index in [0.29, 0.717) is 17.9 Å². The van der Waals surface area contributed by atoms with E-state index in [1.54, 1.807) is 24.3 Å². The quantitative estimate of drug-likeness (QED) is 0.782. The second kappa shape index (κ2) is 8.49. The highest BCUT2D eigenvalue weighted by atomic mass is 16.5. The summed E-state index contributed by atoms with van der Waals surface area (Å²) in [4.78, 5) is 25.0. The van der Waals surface area contributed by atoms with Gasteiger partial charge in [0, 0.05) is 24.8 Å². The highest BCUT2D eigenvalue weighted by Gasteiger charge is 2.19. The molecule has 1 saturated heterocycles. The summed E-state index contributed by atoms with van der Waals surface area (Å²) in [6.07, 6.45) is 4.97. The van der Waals surface area contributed by atoms with E-state index in [4.69, 9.17) is 9.15 Å². The standard InChI is InChI=1S/C20H22N2O4/c1-14-6-8-15(9-7-14)19(23)22-18(12-16-4-2-10-25-16)20(24)21-13-17-5-3-11-26-17/h2,4,6-10,12,17H,3,5,11,13H2,1H3,(H,21,24)(H,22,23)/b18-12-. The molecule has 2 aromatic rings. The van der Waals surface area contributed by atoms with Gasteiger partial charge in [-0.25, -0.2) is 0 Å². The molecule has 0 radical (unpaired) electrons. The number of ether oxygens (including phenoxy) is 1. The fraction of sp³-hybridized carbons (Fsp3) is 0.300. The fourth-order valence-corrected chi connectivity index (χ4v) is 2.68. The first-order valence-corrected chi connectivity index (χ1v) is 8.65. The number of carbonyl (C=O) groups excluding carboxylic acids is 2. The van der Waals surface area contributed by atoms with Gasteiger partial charge in [-0.2, -0.15) is 0 Å². The monoisotopic (exact) mass is 354 g/mol. The van der Waals surface area contributed by atoms with Crippen molar-refractivity contribution in [2.75, 3.05) is 13.2 Å². The Bertz CT molecular complexity index is 773. The Kier molecular flexibility index (Phi) is 5.86. The van der Waals surface area contributed by atoms with Crippen LogP contribution in [0.15, 0.2) is 52.8 Å².